The van der Waals surface area contributed by atoms with Gasteiger partial charge in [0.1, 0.15) is 0 Å². The minimum atomic E-state index is 0.526. The molecule has 84 valence electrons. The lowest BCUT2D eigenvalue weighted by Crippen LogP contribution is -2.02. The number of hydrogen-bond acceptors (Lipinski definition) is 4. The summed E-state index contributed by atoms with van der Waals surface area (Å²) < 4.78 is 6.86. The van der Waals surface area contributed by atoms with Gasteiger partial charge < -0.3 is 9.84 Å². The first-order valence-electron chi connectivity index (χ1n) is 4.64. The number of nitrogens with zero attached hydrogens (tertiary/aromatic N) is 2. The molecule has 1 N–H and O–H groups in total. The Bertz CT molecular complexity index is 478. The Kier molecular flexibility index (Phi) is 3.60. The third-order valence-electron chi connectivity index (χ3n) is 1.96. The van der Waals surface area contributed by atoms with E-state index in [0.29, 0.717) is 18.3 Å². The molecule has 0 fully saturated rings. The molecule has 4 nitrogen and oxygen atoms in total. The fourth-order valence-corrected chi connectivity index (χ4v) is 2.53. The van der Waals surface area contributed by atoms with Gasteiger partial charge in [-0.1, -0.05) is 11.2 Å². The van der Waals surface area contributed by atoms with Crippen molar-refractivity contribution in [3.63, 3.8) is 0 Å². The zero-order chi connectivity index (χ0) is 11.5. The van der Waals surface area contributed by atoms with Gasteiger partial charge in [0.25, 0.3) is 0 Å². The van der Waals surface area contributed by atoms with Gasteiger partial charge in [-0.05, 0) is 44.0 Å². The molecule has 0 saturated carbocycles. The fraction of sp³-hybridized carbons (Fsp3) is 0.200. The van der Waals surface area contributed by atoms with Crippen LogP contribution in [0.1, 0.15) is 11.7 Å². The van der Waals surface area contributed by atoms with Gasteiger partial charge in [0.15, 0.2) is 5.82 Å². The van der Waals surface area contributed by atoms with Gasteiger partial charge in [-0.15, -0.1) is 0 Å². The number of rotatable bonds is 3. The second-order valence-electron chi connectivity index (χ2n) is 3.18. The van der Waals surface area contributed by atoms with Crippen molar-refractivity contribution in [2.75, 3.05) is 5.32 Å². The van der Waals surface area contributed by atoms with Crippen LogP contribution in [-0.4, -0.2) is 10.1 Å². The number of aryl methyl sites for hydroxylation is 1. The van der Waals surface area contributed by atoms with Crippen LogP contribution in [0.25, 0.3) is 0 Å². The van der Waals surface area contributed by atoms with Gasteiger partial charge >= 0.3 is 0 Å². The predicted molar refractivity (Wildman–Crippen MR) is 68.2 cm³/mol. The molecule has 0 saturated heterocycles. The van der Waals surface area contributed by atoms with E-state index in [1.807, 2.05) is 18.2 Å². The largest absolute Gasteiger partial charge is 0.376 e. The van der Waals surface area contributed by atoms with Crippen LogP contribution in [0.5, 0.6) is 0 Å². The predicted octanol–water partition coefficient (Wildman–Crippen LogP) is 3.52. The van der Waals surface area contributed by atoms with Crippen LogP contribution in [0.2, 0.25) is 0 Å². The maximum Gasteiger partial charge on any atom is 0.223 e. The first kappa shape index (κ1) is 11.6. The van der Waals surface area contributed by atoms with E-state index in [2.05, 4.69) is 47.3 Å². The van der Waals surface area contributed by atoms with E-state index >= 15 is 0 Å². The minimum Gasteiger partial charge on any atom is -0.376 e. The van der Waals surface area contributed by atoms with Crippen LogP contribution in [0.3, 0.4) is 0 Å². The Morgan fingerprint density at radius 3 is 2.56 bits per heavy atom. The highest BCUT2D eigenvalue weighted by molar-refractivity contribution is 9.11. The van der Waals surface area contributed by atoms with Crippen LogP contribution in [0.15, 0.2) is 31.7 Å². The second-order valence-corrected chi connectivity index (χ2v) is 4.89. The van der Waals surface area contributed by atoms with Crippen LogP contribution >= 0.6 is 31.9 Å². The Morgan fingerprint density at radius 1 is 1.31 bits per heavy atom. The molecule has 0 bridgehead atoms. The maximum absolute atomic E-state index is 4.89. The SMILES string of the molecule is Cc1nc(CNc2c(Br)cccc2Br)no1. The molecule has 1 heterocycles. The summed E-state index contributed by atoms with van der Waals surface area (Å²) >= 11 is 6.94. The third-order valence-corrected chi connectivity index (χ3v) is 3.28. The number of aromatic nitrogens is 2. The zero-order valence-corrected chi connectivity index (χ0v) is 11.7. The van der Waals surface area contributed by atoms with Gasteiger partial charge in [-0.3, -0.25) is 0 Å². The van der Waals surface area contributed by atoms with Gasteiger partial charge in [0.05, 0.1) is 12.2 Å². The molecule has 2 aromatic rings. The van der Waals surface area contributed by atoms with E-state index in [9.17, 15) is 0 Å². The summed E-state index contributed by atoms with van der Waals surface area (Å²) in [6.07, 6.45) is 0. The first-order valence-corrected chi connectivity index (χ1v) is 6.22. The first-order chi connectivity index (χ1) is 7.66. The molecular weight excluding hydrogens is 338 g/mol. The summed E-state index contributed by atoms with van der Waals surface area (Å²) in [7, 11) is 0. The van der Waals surface area contributed by atoms with Gasteiger partial charge in [-0.2, -0.15) is 4.98 Å². The third kappa shape index (κ3) is 2.62. The molecule has 1 aromatic heterocycles. The summed E-state index contributed by atoms with van der Waals surface area (Å²) in [4.78, 5) is 4.11. The van der Waals surface area contributed by atoms with E-state index in [1.54, 1.807) is 6.92 Å². The van der Waals surface area contributed by atoms with Crippen molar-refractivity contribution in [1.29, 1.82) is 0 Å². The molecule has 0 amide bonds. The molecule has 0 radical (unpaired) electrons. The lowest BCUT2D eigenvalue weighted by Gasteiger charge is -2.08. The fourth-order valence-electron chi connectivity index (χ4n) is 1.25. The summed E-state index contributed by atoms with van der Waals surface area (Å²) in [5, 5.41) is 7.04. The van der Waals surface area contributed by atoms with Crippen LogP contribution in [0.4, 0.5) is 5.69 Å². The van der Waals surface area contributed by atoms with E-state index in [1.165, 1.54) is 0 Å². The topological polar surface area (TPSA) is 51.0 Å². The van der Waals surface area contributed by atoms with E-state index in [4.69, 9.17) is 4.52 Å². The minimum absolute atomic E-state index is 0.526. The summed E-state index contributed by atoms with van der Waals surface area (Å²) in [6.45, 7) is 2.30. The standard InChI is InChI=1S/C10H9Br2N3O/c1-6-14-9(15-16-6)5-13-10-7(11)3-2-4-8(10)12/h2-4,13H,5H2,1H3. The molecule has 1 aromatic carbocycles. The highest BCUT2D eigenvalue weighted by Crippen LogP contribution is 2.30. The quantitative estimate of drug-likeness (QED) is 0.923. The molecule has 0 aliphatic heterocycles. The number of nitrogens with one attached hydrogen (secondary N) is 1. The average Bonchev–Trinajstić information content (AvgIpc) is 2.63. The lowest BCUT2D eigenvalue weighted by atomic mass is 10.3. The molecule has 0 atom stereocenters. The number of anilines is 1. The average molecular weight is 347 g/mol. The molecular formula is C10H9Br2N3O. The van der Waals surface area contributed by atoms with Crippen molar-refractivity contribution in [1.82, 2.24) is 10.1 Å². The molecule has 6 heteroatoms. The molecule has 0 unspecified atom stereocenters. The Balaban J connectivity index is 2.10. The second kappa shape index (κ2) is 4.97. The van der Waals surface area contributed by atoms with Crippen molar-refractivity contribution in [3.05, 3.63) is 38.9 Å². The van der Waals surface area contributed by atoms with Crippen molar-refractivity contribution in [2.24, 2.45) is 0 Å². The molecule has 0 spiro atoms. The van der Waals surface area contributed by atoms with Crippen LogP contribution in [0, 0.1) is 6.92 Å². The smallest absolute Gasteiger partial charge is 0.223 e. The lowest BCUT2D eigenvalue weighted by molar-refractivity contribution is 0.388. The maximum atomic E-state index is 4.89. The molecule has 0 aliphatic rings. The summed E-state index contributed by atoms with van der Waals surface area (Å²) in [5.74, 6) is 1.21. The molecule has 16 heavy (non-hydrogen) atoms. The highest BCUT2D eigenvalue weighted by atomic mass is 79.9. The van der Waals surface area contributed by atoms with Crippen molar-refractivity contribution >= 4 is 37.5 Å². The summed E-state index contributed by atoms with van der Waals surface area (Å²) in [6, 6.07) is 5.89. The van der Waals surface area contributed by atoms with Crippen LogP contribution < -0.4 is 5.32 Å². The number of hydrogen-bond donors (Lipinski definition) is 1. The highest BCUT2D eigenvalue weighted by Gasteiger charge is 2.06. The summed E-state index contributed by atoms with van der Waals surface area (Å²) in [5.41, 5.74) is 0.977. The van der Waals surface area contributed by atoms with E-state index in [0.717, 1.165) is 14.6 Å². The van der Waals surface area contributed by atoms with Crippen LogP contribution in [-0.2, 0) is 6.54 Å². The normalized spacial score (nSPS) is 10.4. The van der Waals surface area contributed by atoms with Crippen molar-refractivity contribution in [3.8, 4) is 0 Å². The number of benzene rings is 1. The van der Waals surface area contributed by atoms with Crippen molar-refractivity contribution in [2.45, 2.75) is 13.5 Å². The Hall–Kier alpha value is -0.880. The zero-order valence-electron chi connectivity index (χ0n) is 8.50. The Labute approximate surface area is 110 Å². The van der Waals surface area contributed by atoms with E-state index < -0.39 is 0 Å². The molecule has 0 aliphatic carbocycles. The number of halogens is 2. The van der Waals surface area contributed by atoms with E-state index in [-0.39, 0.29) is 0 Å². The van der Waals surface area contributed by atoms with Gasteiger partial charge in [-0.25, -0.2) is 0 Å². The molecule has 2 rings (SSSR count). The number of para-hydroxylation sites is 1. The van der Waals surface area contributed by atoms with Gasteiger partial charge in [0.2, 0.25) is 5.89 Å². The van der Waals surface area contributed by atoms with Gasteiger partial charge in [0, 0.05) is 15.9 Å². The van der Waals surface area contributed by atoms with Crippen molar-refractivity contribution < 1.29 is 4.52 Å². The monoisotopic (exact) mass is 345 g/mol. The Morgan fingerprint density at radius 2 is 2.00 bits per heavy atom.